The Morgan fingerprint density at radius 2 is 2.18 bits per heavy atom. The van der Waals surface area contributed by atoms with Crippen molar-refractivity contribution >= 4 is 50.7 Å². The number of anilines is 2. The second-order valence-electron chi connectivity index (χ2n) is 6.79. The first-order chi connectivity index (χ1) is 13.5. The van der Waals surface area contributed by atoms with E-state index in [1.165, 1.54) is 16.6 Å². The van der Waals surface area contributed by atoms with Gasteiger partial charge in [-0.2, -0.15) is 0 Å². The molecule has 2 N–H and O–H groups in total. The predicted molar refractivity (Wildman–Crippen MR) is 116 cm³/mol. The van der Waals surface area contributed by atoms with Crippen molar-refractivity contribution < 1.29 is 9.53 Å². The number of fused-ring (bicyclic) bond motifs is 2. The highest BCUT2D eigenvalue weighted by Gasteiger charge is 2.23. The molecule has 3 heterocycles. The number of nitrogens with zero attached hydrogens (tertiary/aromatic N) is 3. The van der Waals surface area contributed by atoms with Crippen LogP contribution in [0.3, 0.4) is 0 Å². The third-order valence-corrected chi connectivity index (χ3v) is 7.00. The monoisotopic (exact) mass is 414 g/mol. The van der Waals surface area contributed by atoms with E-state index < -0.39 is 0 Å². The SMILES string of the molecule is COc1ccc2c(c1)CCCN2C(=O)CSc1nc(N)c2c(C)c(C)sc2n1. The van der Waals surface area contributed by atoms with E-state index in [4.69, 9.17) is 10.5 Å². The first-order valence-electron chi connectivity index (χ1n) is 9.11. The van der Waals surface area contributed by atoms with Gasteiger partial charge in [0.1, 0.15) is 16.4 Å². The summed E-state index contributed by atoms with van der Waals surface area (Å²) in [7, 11) is 1.66. The quantitative estimate of drug-likeness (QED) is 0.514. The molecule has 3 aromatic rings. The molecule has 0 bridgehead atoms. The van der Waals surface area contributed by atoms with Crippen LogP contribution in [0, 0.1) is 13.8 Å². The lowest BCUT2D eigenvalue weighted by atomic mass is 10.0. The molecule has 1 aromatic carbocycles. The Balaban J connectivity index is 1.52. The molecule has 0 radical (unpaired) electrons. The minimum atomic E-state index is 0.0527. The molecule has 8 heteroatoms. The van der Waals surface area contributed by atoms with Crippen LogP contribution in [0.1, 0.15) is 22.4 Å². The summed E-state index contributed by atoms with van der Waals surface area (Å²) in [6.07, 6.45) is 1.90. The number of aromatic nitrogens is 2. The summed E-state index contributed by atoms with van der Waals surface area (Å²) in [5.74, 6) is 1.63. The molecule has 28 heavy (non-hydrogen) atoms. The van der Waals surface area contributed by atoms with Crippen molar-refractivity contribution in [3.63, 3.8) is 0 Å². The average Bonchev–Trinajstić information content (AvgIpc) is 2.99. The van der Waals surface area contributed by atoms with Crippen LogP contribution in [0.5, 0.6) is 5.75 Å². The fourth-order valence-corrected chi connectivity index (χ4v) is 5.31. The Bertz CT molecular complexity index is 1060. The molecular weight excluding hydrogens is 392 g/mol. The number of aryl methyl sites for hydroxylation is 3. The van der Waals surface area contributed by atoms with Gasteiger partial charge in [-0.05, 0) is 56.0 Å². The third kappa shape index (κ3) is 3.42. The molecule has 0 atom stereocenters. The van der Waals surface area contributed by atoms with Gasteiger partial charge in [-0.3, -0.25) is 4.79 Å². The lowest BCUT2D eigenvalue weighted by Crippen LogP contribution is -2.36. The number of methoxy groups -OCH3 is 1. The Morgan fingerprint density at radius 3 is 2.96 bits per heavy atom. The van der Waals surface area contributed by atoms with Gasteiger partial charge in [-0.1, -0.05) is 11.8 Å². The van der Waals surface area contributed by atoms with Crippen LogP contribution in [0.25, 0.3) is 10.2 Å². The topological polar surface area (TPSA) is 81.3 Å². The van der Waals surface area contributed by atoms with Gasteiger partial charge in [0, 0.05) is 17.1 Å². The van der Waals surface area contributed by atoms with Crippen LogP contribution < -0.4 is 15.4 Å². The zero-order chi connectivity index (χ0) is 19.8. The molecule has 4 rings (SSSR count). The van der Waals surface area contributed by atoms with Crippen molar-refractivity contribution in [1.82, 2.24) is 9.97 Å². The van der Waals surface area contributed by atoms with Gasteiger partial charge in [0.15, 0.2) is 5.16 Å². The van der Waals surface area contributed by atoms with E-state index in [2.05, 4.69) is 16.9 Å². The highest BCUT2D eigenvalue weighted by atomic mass is 32.2. The van der Waals surface area contributed by atoms with Crippen molar-refractivity contribution in [2.75, 3.05) is 30.0 Å². The van der Waals surface area contributed by atoms with E-state index in [1.807, 2.05) is 30.0 Å². The highest BCUT2D eigenvalue weighted by molar-refractivity contribution is 7.99. The maximum absolute atomic E-state index is 12.9. The van der Waals surface area contributed by atoms with E-state index in [0.29, 0.717) is 11.0 Å². The lowest BCUT2D eigenvalue weighted by molar-refractivity contribution is -0.116. The number of carbonyl (C=O) groups is 1. The molecule has 0 unspecified atom stereocenters. The molecule has 1 aliphatic heterocycles. The van der Waals surface area contributed by atoms with Crippen LogP contribution in [-0.4, -0.2) is 35.3 Å². The second-order valence-corrected chi connectivity index (χ2v) is 8.93. The van der Waals surface area contributed by atoms with E-state index in [-0.39, 0.29) is 11.7 Å². The van der Waals surface area contributed by atoms with Crippen LogP contribution >= 0.6 is 23.1 Å². The van der Waals surface area contributed by atoms with Gasteiger partial charge < -0.3 is 15.4 Å². The first-order valence-corrected chi connectivity index (χ1v) is 10.9. The average molecular weight is 415 g/mol. The number of rotatable bonds is 4. The van der Waals surface area contributed by atoms with Crippen LogP contribution in [0.15, 0.2) is 23.4 Å². The van der Waals surface area contributed by atoms with E-state index in [0.717, 1.165) is 52.2 Å². The standard InChI is InChI=1S/C20H22N4O2S2/c1-11-12(2)28-19-17(11)18(21)22-20(23-19)27-10-16(25)24-8-4-5-13-9-14(26-3)6-7-15(13)24/h6-7,9H,4-5,8,10H2,1-3H3,(H2,21,22,23). The number of thiophene rings is 1. The minimum absolute atomic E-state index is 0.0527. The molecule has 1 amide bonds. The Labute approximate surface area is 172 Å². The molecule has 0 saturated heterocycles. The zero-order valence-electron chi connectivity index (χ0n) is 16.1. The van der Waals surface area contributed by atoms with Crippen molar-refractivity contribution in [2.45, 2.75) is 31.8 Å². The number of carbonyl (C=O) groups excluding carboxylic acids is 1. The number of amides is 1. The van der Waals surface area contributed by atoms with E-state index in [9.17, 15) is 4.79 Å². The van der Waals surface area contributed by atoms with Crippen molar-refractivity contribution in [3.05, 3.63) is 34.2 Å². The molecule has 1 aliphatic rings. The van der Waals surface area contributed by atoms with E-state index in [1.54, 1.807) is 18.4 Å². The largest absolute Gasteiger partial charge is 0.497 e. The second kappa shape index (κ2) is 7.60. The smallest absolute Gasteiger partial charge is 0.237 e. The summed E-state index contributed by atoms with van der Waals surface area (Å²) >= 11 is 2.95. The zero-order valence-corrected chi connectivity index (χ0v) is 17.7. The summed E-state index contributed by atoms with van der Waals surface area (Å²) in [5, 5.41) is 1.48. The van der Waals surface area contributed by atoms with Crippen molar-refractivity contribution in [2.24, 2.45) is 0 Å². The molecular formula is C20H22N4O2S2. The van der Waals surface area contributed by atoms with Gasteiger partial charge in [0.2, 0.25) is 5.91 Å². The molecule has 2 aromatic heterocycles. The molecule has 146 valence electrons. The maximum atomic E-state index is 12.9. The van der Waals surface area contributed by atoms with Gasteiger partial charge in [0.05, 0.1) is 18.2 Å². The number of nitrogens with two attached hydrogens (primary N) is 1. The van der Waals surface area contributed by atoms with Crippen LogP contribution in [-0.2, 0) is 11.2 Å². The highest BCUT2D eigenvalue weighted by Crippen LogP contribution is 2.34. The molecule has 0 fully saturated rings. The van der Waals surface area contributed by atoms with Gasteiger partial charge in [0.25, 0.3) is 0 Å². The summed E-state index contributed by atoms with van der Waals surface area (Å²) in [6, 6.07) is 5.88. The van der Waals surface area contributed by atoms with Crippen molar-refractivity contribution in [1.29, 1.82) is 0 Å². The molecule has 0 aliphatic carbocycles. The fraction of sp³-hybridized carbons (Fsp3) is 0.350. The van der Waals surface area contributed by atoms with Crippen LogP contribution in [0.2, 0.25) is 0 Å². The van der Waals surface area contributed by atoms with Crippen LogP contribution in [0.4, 0.5) is 11.5 Å². The molecule has 0 saturated carbocycles. The third-order valence-electron chi connectivity index (χ3n) is 5.07. The first kappa shape index (κ1) is 19.0. The number of ether oxygens (including phenoxy) is 1. The Kier molecular flexibility index (Phi) is 5.16. The number of benzene rings is 1. The summed E-state index contributed by atoms with van der Waals surface area (Å²) in [5.41, 5.74) is 9.39. The van der Waals surface area contributed by atoms with E-state index >= 15 is 0 Å². The maximum Gasteiger partial charge on any atom is 0.237 e. The number of nitrogen functional groups attached to an aromatic ring is 1. The van der Waals surface area contributed by atoms with Gasteiger partial charge in [-0.25, -0.2) is 9.97 Å². The lowest BCUT2D eigenvalue weighted by Gasteiger charge is -2.29. The number of hydrogen-bond donors (Lipinski definition) is 1. The predicted octanol–water partition coefficient (Wildman–Crippen LogP) is 3.97. The van der Waals surface area contributed by atoms with Crippen molar-refractivity contribution in [3.8, 4) is 5.75 Å². The fourth-order valence-electron chi connectivity index (χ4n) is 3.49. The summed E-state index contributed by atoms with van der Waals surface area (Å²) in [6.45, 7) is 4.82. The Hall–Kier alpha value is -2.32. The number of thioether (sulfide) groups is 1. The van der Waals surface area contributed by atoms with Gasteiger partial charge >= 0.3 is 0 Å². The summed E-state index contributed by atoms with van der Waals surface area (Å²) < 4.78 is 5.30. The molecule has 0 spiro atoms. The van der Waals surface area contributed by atoms with Gasteiger partial charge in [-0.15, -0.1) is 11.3 Å². The minimum Gasteiger partial charge on any atom is -0.497 e. The number of hydrogen-bond acceptors (Lipinski definition) is 7. The molecule has 6 nitrogen and oxygen atoms in total. The summed E-state index contributed by atoms with van der Waals surface area (Å²) in [4.78, 5) is 25.8. The Morgan fingerprint density at radius 1 is 1.36 bits per heavy atom. The normalized spacial score (nSPS) is 13.6.